The number of anilines is 1. The smallest absolute Gasteiger partial charge is 0.257 e. The predicted octanol–water partition coefficient (Wildman–Crippen LogP) is 4.65. The lowest BCUT2D eigenvalue weighted by atomic mass is 10.0. The molecule has 41 heavy (non-hydrogen) atoms. The fourth-order valence-corrected chi connectivity index (χ4v) is 4.91. The number of likely N-dealkylation sites (N-methyl/N-ethyl adjacent to an activating group) is 1. The van der Waals surface area contributed by atoms with E-state index in [0.717, 1.165) is 5.56 Å². The van der Waals surface area contributed by atoms with Crippen LogP contribution in [0.5, 0.6) is 5.75 Å². The van der Waals surface area contributed by atoms with Gasteiger partial charge in [-0.05, 0) is 36.8 Å². The van der Waals surface area contributed by atoms with Crippen LogP contribution in [0.25, 0.3) is 0 Å². The molecular weight excluding hydrogens is 525 g/mol. The van der Waals surface area contributed by atoms with Gasteiger partial charge in [0.25, 0.3) is 11.8 Å². The van der Waals surface area contributed by atoms with E-state index in [2.05, 4.69) is 5.32 Å². The average molecular weight is 562 g/mol. The van der Waals surface area contributed by atoms with Crippen LogP contribution in [0.4, 0.5) is 10.1 Å². The van der Waals surface area contributed by atoms with Gasteiger partial charge in [-0.3, -0.25) is 14.4 Å². The fraction of sp³-hybridized carbons (Fsp3) is 0.344. The SMILES string of the molecule is CO[C@@H]1CN(C)C(=O)c2ccc(NC(=O)Cc3ccccc3)cc2OC[C@H](C)N(C(=O)c2ccccc2F)C[C@@H]1C. The molecule has 9 heteroatoms. The summed E-state index contributed by atoms with van der Waals surface area (Å²) in [6.07, 6.45) is -0.186. The van der Waals surface area contributed by atoms with E-state index in [1.807, 2.05) is 44.2 Å². The Labute approximate surface area is 240 Å². The molecule has 216 valence electrons. The molecule has 3 aromatic rings. The average Bonchev–Trinajstić information content (AvgIpc) is 2.96. The highest BCUT2D eigenvalue weighted by Crippen LogP contribution is 2.27. The Hall–Kier alpha value is -4.24. The van der Waals surface area contributed by atoms with Crippen LogP contribution in [0.15, 0.2) is 72.8 Å². The number of halogens is 1. The van der Waals surface area contributed by atoms with Gasteiger partial charge in [0.1, 0.15) is 18.2 Å². The van der Waals surface area contributed by atoms with E-state index in [1.54, 1.807) is 54.3 Å². The molecule has 1 heterocycles. The number of rotatable bonds is 5. The molecule has 8 nitrogen and oxygen atoms in total. The van der Waals surface area contributed by atoms with Crippen molar-refractivity contribution < 1.29 is 28.2 Å². The van der Waals surface area contributed by atoms with Crippen LogP contribution in [0, 0.1) is 11.7 Å². The van der Waals surface area contributed by atoms with Gasteiger partial charge in [0, 0.05) is 44.9 Å². The maximum Gasteiger partial charge on any atom is 0.257 e. The largest absolute Gasteiger partial charge is 0.491 e. The summed E-state index contributed by atoms with van der Waals surface area (Å²) in [6.45, 7) is 4.32. The van der Waals surface area contributed by atoms with Crippen LogP contribution >= 0.6 is 0 Å². The molecule has 0 aromatic heterocycles. The number of carbonyl (C=O) groups is 3. The first kappa shape index (κ1) is 29.7. The molecule has 0 saturated heterocycles. The maximum absolute atomic E-state index is 14.6. The summed E-state index contributed by atoms with van der Waals surface area (Å²) in [5, 5.41) is 2.87. The van der Waals surface area contributed by atoms with Crippen molar-refractivity contribution in [3.05, 3.63) is 95.3 Å². The summed E-state index contributed by atoms with van der Waals surface area (Å²) in [6, 6.07) is 19.7. The normalized spacial score (nSPS) is 19.8. The minimum absolute atomic E-state index is 0.0243. The lowest BCUT2D eigenvalue weighted by Crippen LogP contribution is -2.48. The minimum Gasteiger partial charge on any atom is -0.491 e. The van der Waals surface area contributed by atoms with Gasteiger partial charge in [0.15, 0.2) is 0 Å². The Morgan fingerprint density at radius 1 is 1.02 bits per heavy atom. The van der Waals surface area contributed by atoms with E-state index in [4.69, 9.17) is 9.47 Å². The monoisotopic (exact) mass is 561 g/mol. The van der Waals surface area contributed by atoms with E-state index < -0.39 is 17.8 Å². The minimum atomic E-state index is -0.598. The first-order chi connectivity index (χ1) is 19.7. The zero-order valence-corrected chi connectivity index (χ0v) is 23.8. The van der Waals surface area contributed by atoms with Gasteiger partial charge in [0.2, 0.25) is 5.91 Å². The highest BCUT2D eigenvalue weighted by molar-refractivity contribution is 5.99. The number of carbonyl (C=O) groups excluding carboxylic acids is 3. The van der Waals surface area contributed by atoms with Crippen LogP contribution in [0.3, 0.4) is 0 Å². The fourth-order valence-electron chi connectivity index (χ4n) is 4.91. The van der Waals surface area contributed by atoms with Crippen LogP contribution in [0.1, 0.15) is 40.1 Å². The number of nitrogens with one attached hydrogen (secondary N) is 1. The third kappa shape index (κ3) is 7.29. The van der Waals surface area contributed by atoms with E-state index in [-0.39, 0.29) is 61.3 Å². The van der Waals surface area contributed by atoms with Gasteiger partial charge in [-0.2, -0.15) is 0 Å². The zero-order valence-electron chi connectivity index (χ0n) is 23.8. The summed E-state index contributed by atoms with van der Waals surface area (Å²) < 4.78 is 26.5. The highest BCUT2D eigenvalue weighted by atomic mass is 19.1. The molecular formula is C32H36FN3O5. The molecule has 0 radical (unpaired) electrons. The van der Waals surface area contributed by atoms with Crippen LogP contribution in [-0.2, 0) is 16.0 Å². The van der Waals surface area contributed by atoms with E-state index in [9.17, 15) is 18.8 Å². The first-order valence-corrected chi connectivity index (χ1v) is 13.6. The number of benzene rings is 3. The standard InChI is InChI=1S/C32H36FN3O5/c1-21-18-36(32(39)25-12-8-9-13-27(25)33)22(2)20-41-28-17-24(34-30(37)16-23-10-6-5-7-11-23)14-15-26(28)31(38)35(3)19-29(21)40-4/h5-15,17,21-22,29H,16,18-20H2,1-4H3,(H,34,37)/t21-,22-,29+/m0/s1. The second-order valence-corrected chi connectivity index (χ2v) is 10.5. The lowest BCUT2D eigenvalue weighted by Gasteiger charge is -2.36. The third-order valence-electron chi connectivity index (χ3n) is 7.30. The van der Waals surface area contributed by atoms with Crippen molar-refractivity contribution in [2.75, 3.05) is 39.2 Å². The second-order valence-electron chi connectivity index (χ2n) is 10.5. The number of nitrogens with zero attached hydrogens (tertiary/aromatic N) is 2. The molecule has 0 aliphatic carbocycles. The van der Waals surface area contributed by atoms with Crippen molar-refractivity contribution in [3.8, 4) is 5.75 Å². The van der Waals surface area contributed by atoms with Crippen molar-refractivity contribution in [1.82, 2.24) is 9.80 Å². The summed E-state index contributed by atoms with van der Waals surface area (Å²) in [7, 11) is 3.25. The van der Waals surface area contributed by atoms with Crippen LogP contribution in [-0.4, -0.2) is 73.5 Å². The number of fused-ring (bicyclic) bond motifs is 1. The molecule has 0 unspecified atom stereocenters. The summed E-state index contributed by atoms with van der Waals surface area (Å²) in [5.41, 5.74) is 1.64. The molecule has 0 fully saturated rings. The maximum atomic E-state index is 14.6. The van der Waals surface area contributed by atoms with E-state index in [0.29, 0.717) is 11.3 Å². The summed E-state index contributed by atoms with van der Waals surface area (Å²) in [5.74, 6) is -1.42. The number of hydrogen-bond acceptors (Lipinski definition) is 5. The number of methoxy groups -OCH3 is 1. The Kier molecular flexibility index (Phi) is 9.73. The molecule has 1 aliphatic rings. The molecule has 1 aliphatic heterocycles. The topological polar surface area (TPSA) is 88.2 Å². The Morgan fingerprint density at radius 2 is 1.73 bits per heavy atom. The number of hydrogen-bond donors (Lipinski definition) is 1. The van der Waals surface area contributed by atoms with Crippen molar-refractivity contribution in [2.45, 2.75) is 32.4 Å². The molecule has 3 atom stereocenters. The van der Waals surface area contributed by atoms with E-state index in [1.165, 1.54) is 12.1 Å². The predicted molar refractivity (Wildman–Crippen MR) is 155 cm³/mol. The van der Waals surface area contributed by atoms with Gasteiger partial charge < -0.3 is 24.6 Å². The molecule has 3 amide bonds. The lowest BCUT2D eigenvalue weighted by molar-refractivity contribution is -0.115. The second kappa shape index (κ2) is 13.4. The Bertz CT molecular complexity index is 1380. The molecule has 0 bridgehead atoms. The molecule has 0 saturated carbocycles. The van der Waals surface area contributed by atoms with Gasteiger partial charge in [-0.1, -0.05) is 49.4 Å². The molecule has 0 spiro atoms. The van der Waals surface area contributed by atoms with Crippen molar-refractivity contribution in [1.29, 1.82) is 0 Å². The van der Waals surface area contributed by atoms with Crippen molar-refractivity contribution in [2.24, 2.45) is 5.92 Å². The number of ether oxygens (including phenoxy) is 2. The molecule has 3 aromatic carbocycles. The zero-order chi connectivity index (χ0) is 29.5. The Balaban J connectivity index is 1.64. The van der Waals surface area contributed by atoms with Crippen LogP contribution in [0.2, 0.25) is 0 Å². The van der Waals surface area contributed by atoms with Crippen molar-refractivity contribution >= 4 is 23.4 Å². The van der Waals surface area contributed by atoms with Gasteiger partial charge in [0.05, 0.1) is 29.7 Å². The molecule has 1 N–H and O–H groups in total. The summed E-state index contributed by atoms with van der Waals surface area (Å²) in [4.78, 5) is 42.8. The van der Waals surface area contributed by atoms with Gasteiger partial charge in [-0.15, -0.1) is 0 Å². The molecule has 4 rings (SSSR count). The van der Waals surface area contributed by atoms with Gasteiger partial charge >= 0.3 is 0 Å². The summed E-state index contributed by atoms with van der Waals surface area (Å²) >= 11 is 0. The van der Waals surface area contributed by atoms with Crippen LogP contribution < -0.4 is 10.1 Å². The van der Waals surface area contributed by atoms with Gasteiger partial charge in [-0.25, -0.2) is 4.39 Å². The van der Waals surface area contributed by atoms with E-state index >= 15 is 0 Å². The Morgan fingerprint density at radius 3 is 2.44 bits per heavy atom. The third-order valence-corrected chi connectivity index (χ3v) is 7.30. The number of amides is 3. The first-order valence-electron chi connectivity index (χ1n) is 13.6. The highest BCUT2D eigenvalue weighted by Gasteiger charge is 2.31. The van der Waals surface area contributed by atoms with Crippen molar-refractivity contribution in [3.63, 3.8) is 0 Å². The quantitative estimate of drug-likeness (QED) is 0.490.